The fourth-order valence-electron chi connectivity index (χ4n) is 2.46. The molecule has 0 unspecified atom stereocenters. The Hall–Kier alpha value is -1.92. The average molecular weight is 395 g/mol. The van der Waals surface area contributed by atoms with Gasteiger partial charge in [0.25, 0.3) is 5.91 Å². The number of carbonyl (C=O) groups excluding carboxylic acids is 2. The number of unbranched alkanes of at least 4 members (excludes halogenated alkanes) is 2. The molecule has 0 atom stereocenters. The van der Waals surface area contributed by atoms with Crippen molar-refractivity contribution in [1.82, 2.24) is 9.88 Å². The van der Waals surface area contributed by atoms with E-state index in [0.29, 0.717) is 35.3 Å². The lowest BCUT2D eigenvalue weighted by Crippen LogP contribution is -2.31. The molecule has 5 nitrogen and oxygen atoms in total. The molecule has 1 aromatic carbocycles. The number of rotatable bonds is 9. The molecule has 1 aromatic heterocycles. The van der Waals surface area contributed by atoms with Crippen LogP contribution in [0.2, 0.25) is 5.02 Å². The molecule has 2 rings (SSSR count). The molecule has 0 aliphatic heterocycles. The van der Waals surface area contributed by atoms with Gasteiger partial charge in [0.05, 0.1) is 23.7 Å². The van der Waals surface area contributed by atoms with Gasteiger partial charge in [0.15, 0.2) is 5.69 Å². The molecule has 0 N–H and O–H groups in total. The number of hydrogen-bond acceptors (Lipinski definition) is 5. The highest BCUT2D eigenvalue weighted by Crippen LogP contribution is 2.20. The lowest BCUT2D eigenvalue weighted by molar-refractivity contribution is 0.0520. The van der Waals surface area contributed by atoms with Crippen molar-refractivity contribution in [3.8, 4) is 0 Å². The SMILES string of the molecule is CCCCCN(Cc1nc(C(=O)OCC)cs1)C(=O)c1ccccc1Cl. The Kier molecular flexibility index (Phi) is 8.06. The van der Waals surface area contributed by atoms with E-state index in [9.17, 15) is 9.59 Å². The molecule has 140 valence electrons. The van der Waals surface area contributed by atoms with Gasteiger partial charge in [0.2, 0.25) is 0 Å². The first-order chi connectivity index (χ1) is 12.6. The number of benzene rings is 1. The van der Waals surface area contributed by atoms with Crippen LogP contribution in [0.1, 0.15) is 59.0 Å². The van der Waals surface area contributed by atoms with E-state index < -0.39 is 5.97 Å². The van der Waals surface area contributed by atoms with Crippen LogP contribution in [0.5, 0.6) is 0 Å². The molecule has 0 bridgehead atoms. The van der Waals surface area contributed by atoms with Crippen molar-refractivity contribution in [1.29, 1.82) is 0 Å². The van der Waals surface area contributed by atoms with Crippen molar-refractivity contribution in [2.75, 3.05) is 13.2 Å². The normalized spacial score (nSPS) is 10.6. The van der Waals surface area contributed by atoms with Crippen LogP contribution in [0.4, 0.5) is 0 Å². The number of aromatic nitrogens is 1. The lowest BCUT2D eigenvalue weighted by atomic mass is 10.1. The van der Waals surface area contributed by atoms with Gasteiger partial charge in [-0.15, -0.1) is 11.3 Å². The highest BCUT2D eigenvalue weighted by molar-refractivity contribution is 7.09. The molecule has 1 amide bonds. The summed E-state index contributed by atoms with van der Waals surface area (Å²) in [6.07, 6.45) is 3.01. The minimum atomic E-state index is -0.440. The van der Waals surface area contributed by atoms with Gasteiger partial charge in [0, 0.05) is 11.9 Å². The Morgan fingerprint density at radius 2 is 2.00 bits per heavy atom. The minimum absolute atomic E-state index is 0.125. The summed E-state index contributed by atoms with van der Waals surface area (Å²) in [6.45, 7) is 5.14. The first kappa shape index (κ1) is 20.4. The summed E-state index contributed by atoms with van der Waals surface area (Å²) in [6, 6.07) is 7.03. The molecular formula is C19H23ClN2O3S. The number of amides is 1. The van der Waals surface area contributed by atoms with Crippen molar-refractivity contribution in [2.45, 2.75) is 39.7 Å². The average Bonchev–Trinajstić information content (AvgIpc) is 3.10. The van der Waals surface area contributed by atoms with Crippen LogP contribution in [0.25, 0.3) is 0 Å². The van der Waals surface area contributed by atoms with Crippen molar-refractivity contribution < 1.29 is 14.3 Å². The zero-order valence-corrected chi connectivity index (χ0v) is 16.6. The van der Waals surface area contributed by atoms with Gasteiger partial charge in [-0.2, -0.15) is 0 Å². The van der Waals surface area contributed by atoms with Crippen LogP contribution in [0, 0.1) is 0 Å². The molecule has 1 heterocycles. The van der Waals surface area contributed by atoms with Gasteiger partial charge < -0.3 is 9.64 Å². The number of hydrogen-bond donors (Lipinski definition) is 0. The number of esters is 1. The monoisotopic (exact) mass is 394 g/mol. The van der Waals surface area contributed by atoms with Gasteiger partial charge in [0.1, 0.15) is 5.01 Å². The van der Waals surface area contributed by atoms with Gasteiger partial charge in [-0.1, -0.05) is 43.5 Å². The molecule has 0 aliphatic carbocycles. The molecule has 26 heavy (non-hydrogen) atoms. The maximum atomic E-state index is 12.9. The quantitative estimate of drug-likeness (QED) is 0.452. The smallest absolute Gasteiger partial charge is 0.357 e. The Labute approximate surface area is 162 Å². The summed E-state index contributed by atoms with van der Waals surface area (Å²) in [5, 5.41) is 2.80. The molecule has 0 spiro atoms. The number of nitrogens with zero attached hydrogens (tertiary/aromatic N) is 2. The fourth-order valence-corrected chi connectivity index (χ4v) is 3.45. The van der Waals surface area contributed by atoms with Crippen molar-refractivity contribution >= 4 is 34.8 Å². The van der Waals surface area contributed by atoms with Crippen LogP contribution in [0.3, 0.4) is 0 Å². The summed E-state index contributed by atoms with van der Waals surface area (Å²) < 4.78 is 4.97. The summed E-state index contributed by atoms with van der Waals surface area (Å²) in [4.78, 5) is 30.8. The second kappa shape index (κ2) is 10.3. The molecule has 0 saturated carbocycles. The van der Waals surface area contributed by atoms with E-state index >= 15 is 0 Å². The van der Waals surface area contributed by atoms with Crippen LogP contribution in [0.15, 0.2) is 29.6 Å². The van der Waals surface area contributed by atoms with Gasteiger partial charge in [-0.3, -0.25) is 4.79 Å². The largest absolute Gasteiger partial charge is 0.461 e. The topological polar surface area (TPSA) is 59.5 Å². The van der Waals surface area contributed by atoms with Crippen LogP contribution in [-0.2, 0) is 11.3 Å². The molecule has 2 aromatic rings. The van der Waals surface area contributed by atoms with Crippen molar-refractivity contribution in [3.05, 3.63) is 50.9 Å². The van der Waals surface area contributed by atoms with E-state index in [1.807, 2.05) is 0 Å². The van der Waals surface area contributed by atoms with Crippen molar-refractivity contribution in [3.63, 3.8) is 0 Å². The number of thiazole rings is 1. The van der Waals surface area contributed by atoms with Crippen molar-refractivity contribution in [2.24, 2.45) is 0 Å². The Bertz CT molecular complexity index is 748. The Morgan fingerprint density at radius 3 is 2.69 bits per heavy atom. The second-order valence-corrected chi connectivity index (χ2v) is 7.11. The van der Waals surface area contributed by atoms with Crippen LogP contribution >= 0.6 is 22.9 Å². The Balaban J connectivity index is 2.15. The predicted octanol–water partition coefficient (Wildman–Crippen LogP) is 4.81. The van der Waals surface area contributed by atoms with Gasteiger partial charge >= 0.3 is 5.97 Å². The number of halogens is 1. The first-order valence-electron chi connectivity index (χ1n) is 8.72. The maximum Gasteiger partial charge on any atom is 0.357 e. The molecule has 0 fully saturated rings. The summed E-state index contributed by atoms with van der Waals surface area (Å²) in [7, 11) is 0. The summed E-state index contributed by atoms with van der Waals surface area (Å²) >= 11 is 7.54. The lowest BCUT2D eigenvalue weighted by Gasteiger charge is -2.22. The van der Waals surface area contributed by atoms with E-state index in [1.54, 1.807) is 41.5 Å². The zero-order valence-electron chi connectivity index (χ0n) is 15.0. The predicted molar refractivity (Wildman–Crippen MR) is 104 cm³/mol. The van der Waals surface area contributed by atoms with E-state index in [1.165, 1.54) is 11.3 Å². The molecule has 0 aliphatic rings. The third-order valence-corrected chi connectivity index (χ3v) is 4.95. The van der Waals surface area contributed by atoms with E-state index in [2.05, 4.69) is 11.9 Å². The molecule has 7 heteroatoms. The van der Waals surface area contributed by atoms with E-state index in [-0.39, 0.29) is 11.6 Å². The third kappa shape index (κ3) is 5.54. The maximum absolute atomic E-state index is 12.9. The summed E-state index contributed by atoms with van der Waals surface area (Å²) in [5.74, 6) is -0.565. The second-order valence-electron chi connectivity index (χ2n) is 5.76. The number of ether oxygens (including phenoxy) is 1. The Morgan fingerprint density at radius 1 is 1.23 bits per heavy atom. The summed E-state index contributed by atoms with van der Waals surface area (Å²) in [5.41, 5.74) is 0.762. The first-order valence-corrected chi connectivity index (χ1v) is 9.97. The van der Waals surface area contributed by atoms with E-state index in [0.717, 1.165) is 19.3 Å². The minimum Gasteiger partial charge on any atom is -0.461 e. The fraction of sp³-hybridized carbons (Fsp3) is 0.421. The van der Waals surface area contributed by atoms with Gasteiger partial charge in [-0.05, 0) is 25.5 Å². The van der Waals surface area contributed by atoms with Crippen LogP contribution < -0.4 is 0 Å². The highest BCUT2D eigenvalue weighted by atomic mass is 35.5. The standard InChI is InChI=1S/C19H23ClN2O3S/c1-3-5-8-11-22(18(23)14-9-6-7-10-15(14)20)12-17-21-16(13-26-17)19(24)25-4-2/h6-7,9-10,13H,3-5,8,11-12H2,1-2H3. The molecule has 0 saturated heterocycles. The van der Waals surface area contributed by atoms with E-state index in [4.69, 9.17) is 16.3 Å². The third-order valence-electron chi connectivity index (χ3n) is 3.79. The number of carbonyl (C=O) groups is 2. The van der Waals surface area contributed by atoms with Gasteiger partial charge in [-0.25, -0.2) is 9.78 Å². The molecule has 0 radical (unpaired) electrons. The van der Waals surface area contributed by atoms with Crippen LogP contribution in [-0.4, -0.2) is 34.9 Å². The highest BCUT2D eigenvalue weighted by Gasteiger charge is 2.20. The zero-order chi connectivity index (χ0) is 18.9. The molecular weight excluding hydrogens is 372 g/mol.